The number of allylic oxidation sites excluding steroid dienone is 4. The van der Waals surface area contributed by atoms with Crippen LogP contribution < -0.4 is 62.2 Å². The fourth-order valence-corrected chi connectivity index (χ4v) is 52.3. The lowest BCUT2D eigenvalue weighted by Crippen LogP contribution is -2.87. The normalized spacial score (nSPS) is 17.0. The highest BCUT2D eigenvalue weighted by atomic mass is 28.4. The van der Waals surface area contributed by atoms with Gasteiger partial charge in [-0.3, -0.25) is 0 Å². The maximum absolute atomic E-state index is 3.19. The Bertz CT molecular complexity index is 2140. The lowest BCUT2D eigenvalue weighted by molar-refractivity contribution is 0.852. The van der Waals surface area contributed by atoms with E-state index in [4.69, 9.17) is 0 Å². The topological polar surface area (TPSA) is 0 Å². The molecule has 356 valence electrons. The van der Waals surface area contributed by atoms with E-state index in [1.807, 2.05) is 51.9 Å². The zero-order chi connectivity index (χ0) is 50.1. The smallest absolute Gasteiger partial charge is 0.0656 e. The SMILES string of the molecule is CC1=C(C)C(C)C([Si](c2ccc([Si](C)(C)C)c([Si](C)(C)C)c2[Si](C)(C)C)(c2ccc([Si](C)(C)C)c([Si](C)(C)C)c2[Si](C)(C)C)c2ccc([Si](C)(C)C)c([Si](C)(C)C)c2[Si](C)(C)C)=C1C. The molecule has 0 aliphatic heterocycles. The van der Waals surface area contributed by atoms with Gasteiger partial charge in [-0.1, -0.05) is 283 Å². The van der Waals surface area contributed by atoms with Gasteiger partial charge in [0.05, 0.1) is 72.7 Å². The van der Waals surface area contributed by atoms with Gasteiger partial charge in [0.15, 0.2) is 8.07 Å². The van der Waals surface area contributed by atoms with Crippen molar-refractivity contribution in [1.29, 1.82) is 0 Å². The van der Waals surface area contributed by atoms with Crippen LogP contribution in [0.1, 0.15) is 27.7 Å². The molecule has 0 radical (unpaired) electrons. The predicted molar refractivity (Wildman–Crippen MR) is 331 cm³/mol. The first-order valence-corrected chi connectivity index (χ1v) is 58.6. The van der Waals surface area contributed by atoms with Crippen molar-refractivity contribution in [2.45, 2.75) is 204 Å². The molecule has 0 nitrogen and oxygen atoms in total. The average Bonchev–Trinajstić information content (AvgIpc) is 3.25. The first-order chi connectivity index (χ1) is 28.2. The van der Waals surface area contributed by atoms with Crippen molar-refractivity contribution in [3.05, 3.63) is 58.3 Å². The average molecular weight is 1030 g/mol. The molecule has 0 N–H and O–H groups in total. The minimum Gasteiger partial charge on any atom is -0.0656 e. The van der Waals surface area contributed by atoms with Crippen LogP contribution in [0.5, 0.6) is 0 Å². The van der Waals surface area contributed by atoms with Crippen LogP contribution >= 0.6 is 0 Å². The first-order valence-electron chi connectivity index (χ1n) is 25.1. The van der Waals surface area contributed by atoms with E-state index < -0.39 is 80.7 Å². The summed E-state index contributed by atoms with van der Waals surface area (Å²) in [5.41, 5.74) is 4.80. The van der Waals surface area contributed by atoms with Crippen molar-refractivity contribution in [3.63, 3.8) is 0 Å². The largest absolute Gasteiger partial charge is 0.176 e. The zero-order valence-electron chi connectivity index (χ0n) is 48.0. The molecule has 0 aromatic heterocycles. The molecule has 1 aliphatic carbocycles. The van der Waals surface area contributed by atoms with Gasteiger partial charge in [0, 0.05) is 0 Å². The van der Waals surface area contributed by atoms with Gasteiger partial charge >= 0.3 is 0 Å². The fourth-order valence-electron chi connectivity index (χ4n) is 12.1. The third-order valence-corrected chi connectivity index (χ3v) is 40.6. The van der Waals surface area contributed by atoms with E-state index in [1.165, 1.54) is 0 Å². The van der Waals surface area contributed by atoms with Gasteiger partial charge in [-0.2, -0.15) is 0 Å². The van der Waals surface area contributed by atoms with Gasteiger partial charge in [0.25, 0.3) is 0 Å². The molecule has 1 unspecified atom stereocenters. The van der Waals surface area contributed by atoms with Crippen molar-refractivity contribution in [3.8, 4) is 0 Å². The van der Waals surface area contributed by atoms with Crippen LogP contribution in [0.4, 0.5) is 0 Å². The van der Waals surface area contributed by atoms with E-state index in [-0.39, 0.29) is 0 Å². The Kier molecular flexibility index (Phi) is 15.1. The quantitative estimate of drug-likeness (QED) is 0.118. The summed E-state index contributed by atoms with van der Waals surface area (Å²) in [5, 5.41) is 23.8. The van der Waals surface area contributed by atoms with Crippen LogP contribution in [-0.2, 0) is 0 Å². The third kappa shape index (κ3) is 10.1. The van der Waals surface area contributed by atoms with Gasteiger partial charge < -0.3 is 0 Å². The summed E-state index contributed by atoms with van der Waals surface area (Å²) in [7, 11) is -20.2. The number of benzene rings is 3. The van der Waals surface area contributed by atoms with E-state index in [9.17, 15) is 0 Å². The third-order valence-electron chi connectivity index (χ3n) is 14.8. The second-order valence-corrected chi connectivity index (χ2v) is 78.6. The summed E-state index contributed by atoms with van der Waals surface area (Å²) < 4.78 is 0. The molecule has 1 aliphatic rings. The molecule has 0 heterocycles. The van der Waals surface area contributed by atoms with Crippen LogP contribution in [0.15, 0.2) is 58.3 Å². The van der Waals surface area contributed by atoms with E-state index in [0.717, 1.165) is 0 Å². The lowest BCUT2D eigenvalue weighted by Gasteiger charge is -2.49. The van der Waals surface area contributed by atoms with Crippen molar-refractivity contribution < 1.29 is 0 Å². The molecule has 1 atom stereocenters. The summed E-state index contributed by atoms with van der Waals surface area (Å²) in [6, 6.07) is 17.0. The van der Waals surface area contributed by atoms with Gasteiger partial charge in [-0.15, -0.1) is 0 Å². The highest BCUT2D eigenvalue weighted by molar-refractivity contribution is 7.25. The minimum absolute atomic E-state index is 0.385. The molecule has 3 aromatic carbocycles. The van der Waals surface area contributed by atoms with Gasteiger partial charge in [0.1, 0.15) is 0 Å². The maximum Gasteiger partial charge on any atom is 0.176 e. The summed E-state index contributed by atoms with van der Waals surface area (Å²) in [4.78, 5) is 0. The standard InChI is InChI=1S/C54H100Si10/c1-38-39(2)41(4)48(40(38)3)64(45-35-32-42(55(5,6)7)49(58(14,15)16)52(45)61(23,24)25,46-36-33-43(56(8,9)10)50(59(17,18)19)53(46)62(26,27)28)47-37-34-44(57(11,12)13)51(60(20,21)22)54(47)63(29,30)31/h32-37,40H,1-31H3. The Balaban J connectivity index is 2.86. The molecule has 10 heteroatoms. The highest BCUT2D eigenvalue weighted by Gasteiger charge is 2.56. The van der Waals surface area contributed by atoms with Crippen LogP contribution in [0.25, 0.3) is 0 Å². The fraction of sp³-hybridized carbons (Fsp3) is 0.593. The summed E-state index contributed by atoms with van der Waals surface area (Å²) in [6.07, 6.45) is 0. The molecular formula is C54H100Si10. The van der Waals surface area contributed by atoms with Crippen molar-refractivity contribution in [1.82, 2.24) is 0 Å². The van der Waals surface area contributed by atoms with Crippen LogP contribution in [0.3, 0.4) is 0 Å². The van der Waals surface area contributed by atoms with E-state index in [2.05, 4.69) is 241 Å². The van der Waals surface area contributed by atoms with E-state index in [1.54, 1.807) is 32.3 Å². The molecule has 0 bridgehead atoms. The van der Waals surface area contributed by atoms with Gasteiger partial charge in [0.2, 0.25) is 0 Å². The molecule has 3 aromatic rings. The van der Waals surface area contributed by atoms with E-state index >= 15 is 0 Å². The maximum atomic E-state index is 2.89. The Hall–Kier alpha value is -0.691. The summed E-state index contributed by atoms with van der Waals surface area (Å²) >= 11 is 0. The molecule has 0 saturated heterocycles. The van der Waals surface area contributed by atoms with E-state index in [0.29, 0.717) is 5.92 Å². The van der Waals surface area contributed by atoms with Crippen LogP contribution in [0.2, 0.25) is 177 Å². The molecule has 64 heavy (non-hydrogen) atoms. The van der Waals surface area contributed by atoms with Crippen LogP contribution in [0, 0.1) is 5.92 Å². The molecule has 4 rings (SSSR count). The Morgan fingerprint density at radius 1 is 0.266 bits per heavy atom. The Labute approximate surface area is 408 Å². The number of hydrogen-bond donors (Lipinski definition) is 0. The van der Waals surface area contributed by atoms with Gasteiger partial charge in [-0.05, 0) is 47.8 Å². The predicted octanol–water partition coefficient (Wildman–Crippen LogP) is 9.91. The van der Waals surface area contributed by atoms with Crippen molar-refractivity contribution in [2.75, 3.05) is 0 Å². The molecule has 0 saturated carbocycles. The molecule has 0 spiro atoms. The van der Waals surface area contributed by atoms with Crippen LogP contribution in [-0.4, -0.2) is 80.7 Å². The Morgan fingerprint density at radius 3 is 0.609 bits per heavy atom. The first kappa shape index (κ1) is 55.9. The highest BCUT2D eigenvalue weighted by Crippen LogP contribution is 2.41. The second-order valence-electron chi connectivity index (χ2n) is 29.8. The summed E-state index contributed by atoms with van der Waals surface area (Å²) in [5.74, 6) is 0.385. The zero-order valence-corrected chi connectivity index (χ0v) is 58.0. The summed E-state index contributed by atoms with van der Waals surface area (Å²) in [6.45, 7) is 83.2. The Morgan fingerprint density at radius 2 is 0.453 bits per heavy atom. The molecule has 0 fully saturated rings. The van der Waals surface area contributed by atoms with Crippen molar-refractivity contribution in [2.24, 2.45) is 5.92 Å². The lowest BCUT2D eigenvalue weighted by atomic mass is 10.1. The van der Waals surface area contributed by atoms with Crippen molar-refractivity contribution >= 4 is 143 Å². The van der Waals surface area contributed by atoms with Gasteiger partial charge in [-0.25, -0.2) is 0 Å². The monoisotopic (exact) mass is 1030 g/mol. The number of rotatable bonds is 13. The second kappa shape index (κ2) is 17.3. The molecular weight excluding hydrogens is 929 g/mol. The minimum atomic E-state index is -3.19. The number of hydrogen-bond acceptors (Lipinski definition) is 0. The molecule has 0 amide bonds.